The van der Waals surface area contributed by atoms with Crippen LogP contribution in [0.2, 0.25) is 0 Å². The topological polar surface area (TPSA) is 61.1 Å². The zero-order chi connectivity index (χ0) is 12.3. The van der Waals surface area contributed by atoms with Crippen LogP contribution in [-0.4, -0.2) is 11.4 Å². The molecule has 0 spiro atoms. The molecule has 0 aliphatic carbocycles. The fourth-order valence-electron chi connectivity index (χ4n) is 1.56. The number of rotatable bonds is 2. The van der Waals surface area contributed by atoms with E-state index in [9.17, 15) is 9.90 Å². The summed E-state index contributed by atoms with van der Waals surface area (Å²) in [6.45, 7) is 0. The Hall–Kier alpha value is -2.60. The van der Waals surface area contributed by atoms with Crippen LogP contribution in [0.15, 0.2) is 42.5 Å². The van der Waals surface area contributed by atoms with Crippen molar-refractivity contribution in [2.24, 2.45) is 0 Å². The van der Waals surface area contributed by atoms with Crippen LogP contribution >= 0.6 is 0 Å². The first kappa shape index (κ1) is 10.9. The van der Waals surface area contributed by atoms with Crippen LogP contribution in [0.5, 0.6) is 5.75 Å². The summed E-state index contributed by atoms with van der Waals surface area (Å²) in [5.74, 6) is -0.0271. The SMILES string of the molecule is N#Cc1cc(-c2ccc(C=O)cc2)ccc1O. The molecule has 2 rings (SSSR count). The monoisotopic (exact) mass is 223 g/mol. The molecule has 0 saturated heterocycles. The van der Waals surface area contributed by atoms with Gasteiger partial charge >= 0.3 is 0 Å². The Balaban J connectivity index is 2.46. The first-order valence-electron chi connectivity index (χ1n) is 5.03. The molecule has 0 aliphatic heterocycles. The lowest BCUT2D eigenvalue weighted by Gasteiger charge is -2.03. The molecule has 3 nitrogen and oxygen atoms in total. The van der Waals surface area contributed by atoms with Crippen molar-refractivity contribution in [2.45, 2.75) is 0 Å². The zero-order valence-electron chi connectivity index (χ0n) is 8.92. The Morgan fingerprint density at radius 3 is 2.29 bits per heavy atom. The van der Waals surface area contributed by atoms with Crippen molar-refractivity contribution in [1.29, 1.82) is 5.26 Å². The quantitative estimate of drug-likeness (QED) is 0.796. The molecule has 0 aromatic heterocycles. The molecule has 0 atom stereocenters. The number of phenols is 1. The second kappa shape index (κ2) is 4.50. The smallest absolute Gasteiger partial charge is 0.150 e. The number of hydrogen-bond acceptors (Lipinski definition) is 3. The Morgan fingerprint density at radius 2 is 1.71 bits per heavy atom. The lowest BCUT2D eigenvalue weighted by molar-refractivity contribution is 0.112. The molecule has 2 aromatic carbocycles. The second-order valence-corrected chi connectivity index (χ2v) is 3.58. The maximum atomic E-state index is 10.5. The fraction of sp³-hybridized carbons (Fsp3) is 0. The van der Waals surface area contributed by atoms with E-state index >= 15 is 0 Å². The number of nitrogens with zero attached hydrogens (tertiary/aromatic N) is 1. The Kier molecular flexibility index (Phi) is 2.89. The number of hydrogen-bond donors (Lipinski definition) is 1. The highest BCUT2D eigenvalue weighted by Gasteiger charge is 2.03. The minimum Gasteiger partial charge on any atom is -0.507 e. The van der Waals surface area contributed by atoms with Gasteiger partial charge in [-0.2, -0.15) is 5.26 Å². The van der Waals surface area contributed by atoms with Crippen molar-refractivity contribution in [3.63, 3.8) is 0 Å². The summed E-state index contributed by atoms with van der Waals surface area (Å²) in [7, 11) is 0. The number of benzene rings is 2. The molecule has 0 heterocycles. The average Bonchev–Trinajstić information content (AvgIpc) is 2.39. The number of aromatic hydroxyl groups is 1. The van der Waals surface area contributed by atoms with Gasteiger partial charge in [0.15, 0.2) is 0 Å². The van der Waals surface area contributed by atoms with Crippen molar-refractivity contribution in [3.8, 4) is 22.9 Å². The normalized spacial score (nSPS) is 9.59. The first-order chi connectivity index (χ1) is 8.24. The van der Waals surface area contributed by atoms with E-state index in [0.717, 1.165) is 17.4 Å². The number of carbonyl (C=O) groups excluding carboxylic acids is 1. The van der Waals surface area contributed by atoms with E-state index in [1.54, 1.807) is 36.4 Å². The summed E-state index contributed by atoms with van der Waals surface area (Å²) in [5.41, 5.74) is 2.57. The molecule has 2 aromatic rings. The highest BCUT2D eigenvalue weighted by Crippen LogP contribution is 2.25. The molecular formula is C14H9NO2. The molecule has 3 heteroatoms. The minimum atomic E-state index is -0.0271. The molecule has 82 valence electrons. The summed E-state index contributed by atoms with van der Waals surface area (Å²) in [5, 5.41) is 18.2. The van der Waals surface area contributed by atoms with Gasteiger partial charge in [0.1, 0.15) is 18.1 Å². The van der Waals surface area contributed by atoms with E-state index in [4.69, 9.17) is 5.26 Å². The van der Waals surface area contributed by atoms with Crippen molar-refractivity contribution in [3.05, 3.63) is 53.6 Å². The van der Waals surface area contributed by atoms with E-state index in [-0.39, 0.29) is 11.3 Å². The van der Waals surface area contributed by atoms with Crippen LogP contribution < -0.4 is 0 Å². The Morgan fingerprint density at radius 1 is 1.06 bits per heavy atom. The lowest BCUT2D eigenvalue weighted by atomic mass is 10.0. The van der Waals surface area contributed by atoms with Gasteiger partial charge in [0.2, 0.25) is 0 Å². The van der Waals surface area contributed by atoms with E-state index < -0.39 is 0 Å². The molecule has 0 radical (unpaired) electrons. The molecule has 0 unspecified atom stereocenters. The van der Waals surface area contributed by atoms with Crippen LogP contribution in [0, 0.1) is 11.3 Å². The van der Waals surface area contributed by atoms with Gasteiger partial charge < -0.3 is 5.11 Å². The second-order valence-electron chi connectivity index (χ2n) is 3.58. The van der Waals surface area contributed by atoms with Crippen LogP contribution in [0.25, 0.3) is 11.1 Å². The molecular weight excluding hydrogens is 214 g/mol. The van der Waals surface area contributed by atoms with Gasteiger partial charge in [-0.1, -0.05) is 30.3 Å². The molecule has 17 heavy (non-hydrogen) atoms. The van der Waals surface area contributed by atoms with Gasteiger partial charge in [-0.3, -0.25) is 4.79 Å². The highest BCUT2D eigenvalue weighted by atomic mass is 16.3. The maximum Gasteiger partial charge on any atom is 0.150 e. The molecule has 0 amide bonds. The van der Waals surface area contributed by atoms with Crippen molar-refractivity contribution >= 4 is 6.29 Å². The van der Waals surface area contributed by atoms with Gasteiger partial charge in [0.05, 0.1) is 5.56 Å². The Labute approximate surface area is 98.6 Å². The van der Waals surface area contributed by atoms with Gasteiger partial charge in [-0.05, 0) is 23.3 Å². The molecule has 0 bridgehead atoms. The van der Waals surface area contributed by atoms with Gasteiger partial charge in [-0.25, -0.2) is 0 Å². The van der Waals surface area contributed by atoms with Crippen molar-refractivity contribution < 1.29 is 9.90 Å². The third-order valence-electron chi connectivity index (χ3n) is 2.50. The predicted molar refractivity (Wildman–Crippen MR) is 63.6 cm³/mol. The summed E-state index contributed by atoms with van der Waals surface area (Å²) < 4.78 is 0. The largest absolute Gasteiger partial charge is 0.507 e. The van der Waals surface area contributed by atoms with Crippen LogP contribution in [0.4, 0.5) is 0 Å². The third-order valence-corrected chi connectivity index (χ3v) is 2.50. The summed E-state index contributed by atoms with van der Waals surface area (Å²) in [4.78, 5) is 10.5. The van der Waals surface area contributed by atoms with Gasteiger partial charge in [0, 0.05) is 5.56 Å². The summed E-state index contributed by atoms with van der Waals surface area (Å²) >= 11 is 0. The predicted octanol–water partition coefficient (Wildman–Crippen LogP) is 2.74. The maximum absolute atomic E-state index is 10.5. The number of nitriles is 1. The molecule has 0 aliphatic rings. The van der Waals surface area contributed by atoms with Crippen molar-refractivity contribution in [2.75, 3.05) is 0 Å². The van der Waals surface area contributed by atoms with Gasteiger partial charge in [0.25, 0.3) is 0 Å². The molecule has 0 saturated carbocycles. The van der Waals surface area contributed by atoms with Gasteiger partial charge in [-0.15, -0.1) is 0 Å². The number of carbonyl (C=O) groups is 1. The number of aldehydes is 1. The van der Waals surface area contributed by atoms with Crippen LogP contribution in [-0.2, 0) is 0 Å². The summed E-state index contributed by atoms with van der Waals surface area (Å²) in [6.07, 6.45) is 0.779. The van der Waals surface area contributed by atoms with Crippen molar-refractivity contribution in [1.82, 2.24) is 0 Å². The Bertz CT molecular complexity index is 595. The van der Waals surface area contributed by atoms with E-state index in [2.05, 4.69) is 0 Å². The van der Waals surface area contributed by atoms with E-state index in [1.807, 2.05) is 6.07 Å². The highest BCUT2D eigenvalue weighted by molar-refractivity contribution is 5.77. The summed E-state index contributed by atoms with van der Waals surface area (Å²) in [6, 6.07) is 13.8. The first-order valence-corrected chi connectivity index (χ1v) is 5.03. The number of phenolic OH excluding ortho intramolecular Hbond substituents is 1. The minimum absolute atomic E-state index is 0.0271. The van der Waals surface area contributed by atoms with E-state index in [1.165, 1.54) is 6.07 Å². The average molecular weight is 223 g/mol. The molecule has 1 N–H and O–H groups in total. The standard InChI is InChI=1S/C14H9NO2/c15-8-13-7-12(5-6-14(13)17)11-3-1-10(9-16)2-4-11/h1-7,9,17H. The van der Waals surface area contributed by atoms with Crippen LogP contribution in [0.3, 0.4) is 0 Å². The zero-order valence-corrected chi connectivity index (χ0v) is 8.92. The third kappa shape index (κ3) is 2.16. The van der Waals surface area contributed by atoms with Crippen LogP contribution in [0.1, 0.15) is 15.9 Å². The fourth-order valence-corrected chi connectivity index (χ4v) is 1.56. The van der Waals surface area contributed by atoms with E-state index in [0.29, 0.717) is 5.56 Å². The lowest BCUT2D eigenvalue weighted by Crippen LogP contribution is -1.83. The molecule has 0 fully saturated rings.